The smallest absolute Gasteiger partial charge is 0.101 e. The third-order valence-corrected chi connectivity index (χ3v) is 9.66. The quantitative estimate of drug-likeness (QED) is 0.193. The zero-order chi connectivity index (χ0) is 33.8. The summed E-state index contributed by atoms with van der Waals surface area (Å²) in [6, 6.07) is 57.7. The third-order valence-electron chi connectivity index (χ3n) is 9.66. The highest BCUT2D eigenvalue weighted by atomic mass is 15.0. The van der Waals surface area contributed by atoms with Gasteiger partial charge in [0.2, 0.25) is 0 Å². The van der Waals surface area contributed by atoms with Crippen molar-refractivity contribution < 1.29 is 0 Å². The molecule has 9 rings (SSSR count). The molecule has 2 heterocycles. The number of fused-ring (bicyclic) bond motifs is 6. The van der Waals surface area contributed by atoms with E-state index >= 15 is 0 Å². The molecule has 0 aliphatic carbocycles. The molecule has 0 saturated heterocycles. The zero-order valence-corrected chi connectivity index (χ0v) is 26.7. The Morgan fingerprint density at radius 1 is 0.380 bits per heavy atom. The normalized spacial score (nSPS) is 11.1. The van der Waals surface area contributed by atoms with Crippen molar-refractivity contribution in [2.45, 2.75) is 0 Å². The van der Waals surface area contributed by atoms with Crippen LogP contribution in [0.25, 0.3) is 77.2 Å². The van der Waals surface area contributed by atoms with Gasteiger partial charge in [-0.3, -0.25) is 0 Å². The van der Waals surface area contributed by atoms with Crippen molar-refractivity contribution in [1.29, 1.82) is 15.8 Å². The predicted molar refractivity (Wildman–Crippen MR) is 200 cm³/mol. The van der Waals surface area contributed by atoms with E-state index in [9.17, 15) is 15.8 Å². The maximum absolute atomic E-state index is 10.8. The Morgan fingerprint density at radius 3 is 1.60 bits per heavy atom. The molecule has 0 spiro atoms. The van der Waals surface area contributed by atoms with E-state index in [0.29, 0.717) is 22.4 Å². The minimum Gasteiger partial charge on any atom is -0.309 e. The maximum Gasteiger partial charge on any atom is 0.101 e. The van der Waals surface area contributed by atoms with E-state index < -0.39 is 0 Å². The van der Waals surface area contributed by atoms with Gasteiger partial charge in [-0.05, 0) is 60.2 Å². The molecule has 2 aromatic heterocycles. The predicted octanol–water partition coefficient (Wildman–Crippen LogP) is 10.8. The van der Waals surface area contributed by atoms with Crippen LogP contribution >= 0.6 is 0 Å². The minimum absolute atomic E-state index is 0.507. The molecule has 0 amide bonds. The van der Waals surface area contributed by atoms with E-state index in [4.69, 9.17) is 0 Å². The molecule has 5 nitrogen and oxygen atoms in total. The Kier molecular flexibility index (Phi) is 6.56. The van der Waals surface area contributed by atoms with Crippen molar-refractivity contribution in [1.82, 2.24) is 9.13 Å². The lowest BCUT2D eigenvalue weighted by molar-refractivity contribution is 1.17. The highest BCUT2D eigenvalue weighted by molar-refractivity contribution is 6.11. The van der Waals surface area contributed by atoms with Gasteiger partial charge in [0.05, 0.1) is 56.2 Å². The molecule has 0 fully saturated rings. The van der Waals surface area contributed by atoms with Gasteiger partial charge in [0.1, 0.15) is 12.1 Å². The lowest BCUT2D eigenvalue weighted by Crippen LogP contribution is -2.00. The first-order chi connectivity index (χ1) is 24.7. The van der Waals surface area contributed by atoms with Gasteiger partial charge >= 0.3 is 0 Å². The van der Waals surface area contributed by atoms with E-state index in [-0.39, 0.29) is 0 Å². The second-order valence-corrected chi connectivity index (χ2v) is 12.3. The Bertz CT molecular complexity index is 2920. The van der Waals surface area contributed by atoms with Crippen molar-refractivity contribution in [3.63, 3.8) is 0 Å². The molecule has 0 bridgehead atoms. The summed E-state index contributed by atoms with van der Waals surface area (Å²) in [5.41, 5.74) is 10.7. The summed E-state index contributed by atoms with van der Waals surface area (Å²) in [4.78, 5) is 0. The van der Waals surface area contributed by atoms with Crippen LogP contribution in [0.1, 0.15) is 16.7 Å². The summed E-state index contributed by atoms with van der Waals surface area (Å²) in [6.45, 7) is 0. The Hall–Kier alpha value is -7.39. The molecule has 50 heavy (non-hydrogen) atoms. The number of benzene rings is 7. The fraction of sp³-hybridized carbons (Fsp3) is 0. The van der Waals surface area contributed by atoms with Crippen molar-refractivity contribution in [3.8, 4) is 51.8 Å². The van der Waals surface area contributed by atoms with Crippen LogP contribution in [0.15, 0.2) is 152 Å². The van der Waals surface area contributed by atoms with Gasteiger partial charge in [0.25, 0.3) is 0 Å². The average Bonchev–Trinajstić information content (AvgIpc) is 3.69. The van der Waals surface area contributed by atoms with Crippen molar-refractivity contribution in [2.75, 3.05) is 0 Å². The van der Waals surface area contributed by atoms with Gasteiger partial charge in [-0.15, -0.1) is 0 Å². The van der Waals surface area contributed by atoms with Gasteiger partial charge in [-0.1, -0.05) is 97.1 Å². The minimum atomic E-state index is 0.507. The molecular weight excluding hydrogens is 611 g/mol. The van der Waals surface area contributed by atoms with Gasteiger partial charge in [-0.25, -0.2) is 0 Å². The number of hydrogen-bond donors (Lipinski definition) is 0. The SMILES string of the molecule is N#Cc1ccc2c(c1)c1ccccc1n2-c1cc(-c2cccc(-c3ccccc3-n3c4ccccc4c4ccccc43)c2C#N)ccc1C#N. The van der Waals surface area contributed by atoms with Crippen LogP contribution in [0.4, 0.5) is 0 Å². The standard InChI is InChI=1S/C45H25N5/c46-26-29-20-23-44-38(24-29)37-13-4-8-19-43(37)50(44)45-25-30(21-22-31(45)27-47)32-14-9-15-33(39(32)28-48)34-10-1-5-16-40(34)49-41-17-6-2-11-35(41)36-12-3-7-18-42(36)49/h1-25H. The summed E-state index contributed by atoms with van der Waals surface area (Å²) < 4.78 is 4.37. The van der Waals surface area contributed by atoms with Crippen LogP contribution in [0.2, 0.25) is 0 Å². The van der Waals surface area contributed by atoms with Crippen molar-refractivity contribution >= 4 is 43.6 Å². The highest BCUT2D eigenvalue weighted by Crippen LogP contribution is 2.40. The van der Waals surface area contributed by atoms with Crippen LogP contribution in [-0.2, 0) is 0 Å². The van der Waals surface area contributed by atoms with E-state index in [0.717, 1.165) is 60.8 Å². The van der Waals surface area contributed by atoms with E-state index in [1.807, 2.05) is 84.9 Å². The molecule has 9 aromatic rings. The monoisotopic (exact) mass is 635 g/mol. The number of nitriles is 3. The number of para-hydroxylation sites is 4. The van der Waals surface area contributed by atoms with Crippen LogP contribution in [-0.4, -0.2) is 9.13 Å². The average molecular weight is 636 g/mol. The highest BCUT2D eigenvalue weighted by Gasteiger charge is 2.20. The summed E-state index contributed by atoms with van der Waals surface area (Å²) in [7, 11) is 0. The molecule has 0 unspecified atom stereocenters. The Morgan fingerprint density at radius 2 is 0.940 bits per heavy atom. The molecule has 0 saturated carbocycles. The number of nitrogens with zero attached hydrogens (tertiary/aromatic N) is 5. The van der Waals surface area contributed by atoms with Crippen LogP contribution in [0, 0.1) is 34.0 Å². The Balaban J connectivity index is 1.27. The molecule has 5 heteroatoms. The molecule has 0 atom stereocenters. The number of aromatic nitrogens is 2. The molecule has 230 valence electrons. The third kappa shape index (κ3) is 4.24. The first kappa shape index (κ1) is 28.8. The van der Waals surface area contributed by atoms with Crippen LogP contribution < -0.4 is 0 Å². The summed E-state index contributed by atoms with van der Waals surface area (Å²) >= 11 is 0. The van der Waals surface area contributed by atoms with Gasteiger partial charge < -0.3 is 9.13 Å². The van der Waals surface area contributed by atoms with Crippen molar-refractivity contribution in [3.05, 3.63) is 168 Å². The summed E-state index contributed by atoms with van der Waals surface area (Å²) in [5.74, 6) is 0. The fourth-order valence-corrected chi connectivity index (χ4v) is 7.50. The lowest BCUT2D eigenvalue weighted by Gasteiger charge is -2.17. The van der Waals surface area contributed by atoms with Gasteiger partial charge in [-0.2, -0.15) is 15.8 Å². The number of rotatable bonds is 4. The van der Waals surface area contributed by atoms with Gasteiger partial charge in [0, 0.05) is 38.2 Å². The van der Waals surface area contributed by atoms with E-state index in [2.05, 4.69) is 88.0 Å². The molecule has 7 aromatic carbocycles. The molecule has 0 radical (unpaired) electrons. The van der Waals surface area contributed by atoms with Gasteiger partial charge in [0.15, 0.2) is 0 Å². The molecule has 0 N–H and O–H groups in total. The van der Waals surface area contributed by atoms with E-state index in [1.54, 1.807) is 6.07 Å². The topological polar surface area (TPSA) is 81.2 Å². The summed E-state index contributed by atoms with van der Waals surface area (Å²) in [5, 5.41) is 35.1. The molecule has 0 aliphatic rings. The molecule has 0 aliphatic heterocycles. The number of hydrogen-bond acceptors (Lipinski definition) is 3. The molecular formula is C45H25N5. The lowest BCUT2D eigenvalue weighted by atomic mass is 9.91. The second kappa shape index (κ2) is 11.4. The van der Waals surface area contributed by atoms with Crippen LogP contribution in [0.3, 0.4) is 0 Å². The first-order valence-corrected chi connectivity index (χ1v) is 16.3. The maximum atomic E-state index is 10.8. The van der Waals surface area contributed by atoms with Crippen LogP contribution in [0.5, 0.6) is 0 Å². The zero-order valence-electron chi connectivity index (χ0n) is 26.7. The van der Waals surface area contributed by atoms with Crippen molar-refractivity contribution in [2.24, 2.45) is 0 Å². The Labute approximate surface area is 287 Å². The summed E-state index contributed by atoms with van der Waals surface area (Å²) in [6.07, 6.45) is 0. The van der Waals surface area contributed by atoms with E-state index in [1.165, 1.54) is 10.8 Å². The largest absolute Gasteiger partial charge is 0.309 e. The fourth-order valence-electron chi connectivity index (χ4n) is 7.50. The second-order valence-electron chi connectivity index (χ2n) is 12.3. The first-order valence-electron chi connectivity index (χ1n) is 16.3.